The average Bonchev–Trinajstić information content (AvgIpc) is 3.53. The van der Waals surface area contributed by atoms with E-state index in [2.05, 4.69) is 17.3 Å². The SMILES string of the molecule is Cc1ccc(OC[C@@H]2CCN2C)cc1C(=O)NC1(c2cccc3cc(F)ccc23)CC1. The van der Waals surface area contributed by atoms with Crippen molar-refractivity contribution in [2.75, 3.05) is 20.2 Å². The third kappa shape index (κ3) is 3.79. The quantitative estimate of drug-likeness (QED) is 0.626. The highest BCUT2D eigenvalue weighted by atomic mass is 19.1. The van der Waals surface area contributed by atoms with Crippen LogP contribution in [0.1, 0.15) is 40.7 Å². The number of rotatable bonds is 6. The van der Waals surface area contributed by atoms with Crippen LogP contribution in [0, 0.1) is 12.7 Å². The predicted octanol–water partition coefficient (Wildman–Crippen LogP) is 4.79. The smallest absolute Gasteiger partial charge is 0.252 e. The van der Waals surface area contributed by atoms with Gasteiger partial charge in [0.1, 0.15) is 18.2 Å². The second kappa shape index (κ2) is 7.65. The number of benzene rings is 3. The summed E-state index contributed by atoms with van der Waals surface area (Å²) >= 11 is 0. The first-order chi connectivity index (χ1) is 14.9. The summed E-state index contributed by atoms with van der Waals surface area (Å²) in [7, 11) is 2.10. The van der Waals surface area contributed by atoms with Crippen LogP contribution in [0.2, 0.25) is 0 Å². The molecule has 1 aliphatic heterocycles. The van der Waals surface area contributed by atoms with Crippen LogP contribution >= 0.6 is 0 Å². The van der Waals surface area contributed by atoms with E-state index in [1.165, 1.54) is 6.07 Å². The van der Waals surface area contributed by atoms with Gasteiger partial charge in [0.05, 0.1) is 5.54 Å². The number of hydrogen-bond acceptors (Lipinski definition) is 3. The lowest BCUT2D eigenvalue weighted by Crippen LogP contribution is -2.48. The Morgan fingerprint density at radius 2 is 2.03 bits per heavy atom. The summed E-state index contributed by atoms with van der Waals surface area (Å²) in [6, 6.07) is 16.9. The first kappa shape index (κ1) is 20.0. The Labute approximate surface area is 182 Å². The van der Waals surface area contributed by atoms with Crippen molar-refractivity contribution in [3.63, 3.8) is 0 Å². The molecular weight excluding hydrogens is 391 g/mol. The van der Waals surface area contributed by atoms with Crippen molar-refractivity contribution in [2.24, 2.45) is 0 Å². The van der Waals surface area contributed by atoms with Gasteiger partial charge in [0.15, 0.2) is 0 Å². The summed E-state index contributed by atoms with van der Waals surface area (Å²) in [6.45, 7) is 3.69. The van der Waals surface area contributed by atoms with E-state index in [4.69, 9.17) is 4.74 Å². The summed E-state index contributed by atoms with van der Waals surface area (Å²) in [4.78, 5) is 15.5. The van der Waals surface area contributed by atoms with Crippen LogP contribution in [0.5, 0.6) is 5.75 Å². The number of likely N-dealkylation sites (N-methyl/N-ethyl adjacent to an activating group) is 1. The second-order valence-corrected chi connectivity index (χ2v) is 8.92. The topological polar surface area (TPSA) is 41.6 Å². The molecule has 0 unspecified atom stereocenters. The molecule has 1 N–H and O–H groups in total. The zero-order chi connectivity index (χ0) is 21.6. The first-order valence-electron chi connectivity index (χ1n) is 10.9. The van der Waals surface area contributed by atoms with Crippen LogP contribution in [-0.4, -0.2) is 37.0 Å². The van der Waals surface area contributed by atoms with Gasteiger partial charge in [-0.15, -0.1) is 0 Å². The average molecular weight is 419 g/mol. The van der Waals surface area contributed by atoms with Gasteiger partial charge in [0, 0.05) is 11.6 Å². The molecule has 1 amide bonds. The maximum atomic E-state index is 13.7. The van der Waals surface area contributed by atoms with Crippen LogP contribution < -0.4 is 10.1 Å². The summed E-state index contributed by atoms with van der Waals surface area (Å²) in [5, 5.41) is 5.11. The predicted molar refractivity (Wildman–Crippen MR) is 120 cm³/mol. The molecule has 31 heavy (non-hydrogen) atoms. The zero-order valence-electron chi connectivity index (χ0n) is 18.0. The number of carbonyl (C=O) groups is 1. The van der Waals surface area contributed by atoms with E-state index in [0.29, 0.717) is 18.2 Å². The van der Waals surface area contributed by atoms with Gasteiger partial charge >= 0.3 is 0 Å². The fourth-order valence-corrected chi connectivity index (χ4v) is 4.45. The van der Waals surface area contributed by atoms with Crippen LogP contribution in [0.3, 0.4) is 0 Å². The number of halogens is 1. The highest BCUT2D eigenvalue weighted by molar-refractivity contribution is 5.97. The molecule has 2 aliphatic rings. The number of fused-ring (bicyclic) bond motifs is 1. The Balaban J connectivity index is 1.37. The fourth-order valence-electron chi connectivity index (χ4n) is 4.45. The fraction of sp³-hybridized carbons (Fsp3) is 0.346. The van der Waals surface area contributed by atoms with Gasteiger partial charge in [-0.25, -0.2) is 4.39 Å². The highest BCUT2D eigenvalue weighted by Gasteiger charge is 2.46. The van der Waals surface area contributed by atoms with Crippen molar-refractivity contribution in [1.82, 2.24) is 10.2 Å². The molecule has 0 aromatic heterocycles. The minimum atomic E-state index is -0.396. The van der Waals surface area contributed by atoms with Crippen molar-refractivity contribution >= 4 is 16.7 Å². The van der Waals surface area contributed by atoms with Crippen molar-refractivity contribution in [3.8, 4) is 5.75 Å². The highest BCUT2D eigenvalue weighted by Crippen LogP contribution is 2.48. The maximum Gasteiger partial charge on any atom is 0.252 e. The normalized spacial score (nSPS) is 19.6. The van der Waals surface area contributed by atoms with Gasteiger partial charge in [0.25, 0.3) is 5.91 Å². The zero-order valence-corrected chi connectivity index (χ0v) is 18.0. The molecule has 4 nitrogen and oxygen atoms in total. The standard InChI is InChI=1S/C26H27FN2O2/c1-17-6-8-21(31-16-20-10-13-29(20)2)15-23(17)25(30)28-26(11-12-26)24-5-3-4-18-14-19(27)7-9-22(18)24/h3-9,14-15,20H,10-13,16H2,1-2H3,(H,28,30)/t20-/m0/s1. The van der Waals surface area contributed by atoms with E-state index >= 15 is 0 Å². The minimum absolute atomic E-state index is 0.0969. The molecule has 0 radical (unpaired) electrons. The van der Waals surface area contributed by atoms with Crippen LogP contribution in [-0.2, 0) is 5.54 Å². The molecule has 3 aromatic carbocycles. The summed E-state index contributed by atoms with van der Waals surface area (Å²) in [5.41, 5.74) is 2.21. The molecule has 1 atom stereocenters. The van der Waals surface area contributed by atoms with E-state index in [9.17, 15) is 9.18 Å². The molecule has 0 spiro atoms. The maximum absolute atomic E-state index is 13.7. The Morgan fingerprint density at radius 1 is 1.19 bits per heavy atom. The van der Waals surface area contributed by atoms with Gasteiger partial charge in [-0.2, -0.15) is 0 Å². The summed E-state index contributed by atoms with van der Waals surface area (Å²) in [6.07, 6.45) is 2.89. The molecule has 1 saturated carbocycles. The van der Waals surface area contributed by atoms with Crippen LogP contribution in [0.25, 0.3) is 10.8 Å². The molecular formula is C26H27FN2O2. The monoisotopic (exact) mass is 418 g/mol. The Hall–Kier alpha value is -2.92. The minimum Gasteiger partial charge on any atom is -0.492 e. The van der Waals surface area contributed by atoms with Gasteiger partial charge in [0.2, 0.25) is 0 Å². The second-order valence-electron chi connectivity index (χ2n) is 8.92. The molecule has 160 valence electrons. The Morgan fingerprint density at radius 3 is 2.74 bits per heavy atom. The van der Waals surface area contributed by atoms with E-state index in [0.717, 1.165) is 53.5 Å². The number of carbonyl (C=O) groups excluding carboxylic acids is 1. The van der Waals surface area contributed by atoms with Crippen molar-refractivity contribution in [2.45, 2.75) is 37.8 Å². The molecule has 1 heterocycles. The van der Waals surface area contributed by atoms with Crippen molar-refractivity contribution in [3.05, 3.63) is 77.1 Å². The van der Waals surface area contributed by atoms with Crippen molar-refractivity contribution < 1.29 is 13.9 Å². The van der Waals surface area contributed by atoms with E-state index in [-0.39, 0.29) is 11.7 Å². The van der Waals surface area contributed by atoms with E-state index < -0.39 is 5.54 Å². The summed E-state index contributed by atoms with van der Waals surface area (Å²) < 4.78 is 19.6. The van der Waals surface area contributed by atoms with Crippen LogP contribution in [0.15, 0.2) is 54.6 Å². The van der Waals surface area contributed by atoms with Gasteiger partial charge < -0.3 is 10.1 Å². The summed E-state index contributed by atoms with van der Waals surface area (Å²) in [5.74, 6) is 0.376. The lowest BCUT2D eigenvalue weighted by atomic mass is 9.96. The van der Waals surface area contributed by atoms with Crippen LogP contribution in [0.4, 0.5) is 4.39 Å². The number of ether oxygens (including phenoxy) is 1. The molecule has 5 rings (SSSR count). The largest absolute Gasteiger partial charge is 0.492 e. The molecule has 2 fully saturated rings. The molecule has 0 bridgehead atoms. The number of hydrogen-bond donors (Lipinski definition) is 1. The Kier molecular flexibility index (Phi) is 4.94. The number of amides is 1. The third-order valence-electron chi connectivity index (χ3n) is 6.80. The molecule has 1 saturated heterocycles. The number of nitrogens with zero attached hydrogens (tertiary/aromatic N) is 1. The number of nitrogens with one attached hydrogen (secondary N) is 1. The number of likely N-dealkylation sites (tertiary alicyclic amines) is 1. The van der Waals surface area contributed by atoms with E-state index in [1.54, 1.807) is 6.07 Å². The van der Waals surface area contributed by atoms with Gasteiger partial charge in [-0.3, -0.25) is 9.69 Å². The van der Waals surface area contributed by atoms with Gasteiger partial charge in [-0.05, 0) is 85.9 Å². The number of aryl methyl sites for hydroxylation is 1. The lowest BCUT2D eigenvalue weighted by Gasteiger charge is -2.37. The Bertz CT molecular complexity index is 1160. The van der Waals surface area contributed by atoms with Gasteiger partial charge in [-0.1, -0.05) is 30.3 Å². The van der Waals surface area contributed by atoms with E-state index in [1.807, 2.05) is 49.4 Å². The third-order valence-corrected chi connectivity index (χ3v) is 6.80. The first-order valence-corrected chi connectivity index (χ1v) is 10.9. The lowest BCUT2D eigenvalue weighted by molar-refractivity contribution is 0.0767. The molecule has 3 aromatic rings. The molecule has 1 aliphatic carbocycles. The molecule has 5 heteroatoms. The van der Waals surface area contributed by atoms with Crippen molar-refractivity contribution in [1.29, 1.82) is 0 Å².